The van der Waals surface area contributed by atoms with Crippen molar-refractivity contribution in [3.8, 4) is 0 Å². The monoisotopic (exact) mass is 238 g/mol. The Balaban J connectivity index is 1.82. The van der Waals surface area contributed by atoms with Gasteiger partial charge in [-0.3, -0.25) is 4.68 Å². The van der Waals surface area contributed by atoms with Gasteiger partial charge in [-0.15, -0.1) is 5.06 Å². The largest absolute Gasteiger partial charge is 0.396 e. The third kappa shape index (κ3) is 2.58. The van der Waals surface area contributed by atoms with E-state index in [4.69, 9.17) is 10.6 Å². The van der Waals surface area contributed by atoms with E-state index in [1.165, 1.54) is 0 Å². The van der Waals surface area contributed by atoms with Gasteiger partial charge in [0.05, 0.1) is 36.4 Å². The summed E-state index contributed by atoms with van der Waals surface area (Å²) in [4.78, 5) is 16.8. The number of nitrogens with zero attached hydrogens (tertiary/aromatic N) is 3. The van der Waals surface area contributed by atoms with Gasteiger partial charge in [-0.25, -0.2) is 4.79 Å². The van der Waals surface area contributed by atoms with Gasteiger partial charge in [0, 0.05) is 6.20 Å². The first-order chi connectivity index (χ1) is 7.86. The number of nitrogen functional groups attached to an aromatic ring is 1. The molecule has 1 fully saturated rings. The first-order valence-corrected chi connectivity index (χ1v) is 5.63. The summed E-state index contributed by atoms with van der Waals surface area (Å²) in [6.45, 7) is 6.81. The molecular formula is C11H18N4O2. The Hall–Kier alpha value is -1.56. The Morgan fingerprint density at radius 2 is 2.18 bits per heavy atom. The maximum absolute atomic E-state index is 11.6. The minimum Gasteiger partial charge on any atom is -0.396 e. The number of carbonyl (C=O) groups excluding carboxylic acids is 1. The van der Waals surface area contributed by atoms with Gasteiger partial charge in [0.1, 0.15) is 0 Å². The number of hydrogen-bond acceptors (Lipinski definition) is 5. The molecule has 1 aliphatic heterocycles. The van der Waals surface area contributed by atoms with Gasteiger partial charge in [0.25, 0.3) is 0 Å². The van der Waals surface area contributed by atoms with E-state index in [1.807, 2.05) is 20.8 Å². The van der Waals surface area contributed by atoms with Gasteiger partial charge < -0.3 is 10.6 Å². The van der Waals surface area contributed by atoms with Gasteiger partial charge >= 0.3 is 5.97 Å². The average molecular weight is 238 g/mol. The number of anilines is 1. The molecule has 0 bridgehead atoms. The van der Waals surface area contributed by atoms with Crippen LogP contribution in [0.15, 0.2) is 12.4 Å². The molecule has 1 saturated heterocycles. The molecule has 0 aliphatic carbocycles. The molecule has 6 nitrogen and oxygen atoms in total. The highest BCUT2D eigenvalue weighted by Gasteiger charge is 2.34. The Kier molecular flexibility index (Phi) is 2.82. The molecule has 6 heteroatoms. The van der Waals surface area contributed by atoms with Crippen LogP contribution in [-0.2, 0) is 9.63 Å². The van der Waals surface area contributed by atoms with Gasteiger partial charge in [-0.2, -0.15) is 5.10 Å². The smallest absolute Gasteiger partial charge is 0.330 e. The van der Waals surface area contributed by atoms with Crippen LogP contribution in [0.3, 0.4) is 0 Å². The van der Waals surface area contributed by atoms with E-state index in [-0.39, 0.29) is 12.0 Å². The SMILES string of the molecule is CC(C)(C)C(=O)ON1CC(n2cc(N)cn2)C1. The van der Waals surface area contributed by atoms with Crippen molar-refractivity contribution in [2.45, 2.75) is 26.8 Å². The van der Waals surface area contributed by atoms with Crippen LogP contribution in [0.5, 0.6) is 0 Å². The van der Waals surface area contributed by atoms with Crippen LogP contribution in [0.2, 0.25) is 0 Å². The molecule has 0 atom stereocenters. The third-order valence-corrected chi connectivity index (χ3v) is 2.65. The summed E-state index contributed by atoms with van der Waals surface area (Å²) in [5.74, 6) is -0.212. The molecule has 0 unspecified atom stereocenters. The Morgan fingerprint density at radius 1 is 1.53 bits per heavy atom. The topological polar surface area (TPSA) is 73.4 Å². The zero-order valence-electron chi connectivity index (χ0n) is 10.4. The van der Waals surface area contributed by atoms with Gasteiger partial charge in [0.15, 0.2) is 0 Å². The van der Waals surface area contributed by atoms with Crippen molar-refractivity contribution >= 4 is 11.7 Å². The highest BCUT2D eigenvalue weighted by Crippen LogP contribution is 2.24. The van der Waals surface area contributed by atoms with Crippen molar-refractivity contribution in [2.24, 2.45) is 5.41 Å². The summed E-state index contributed by atoms with van der Waals surface area (Å²) >= 11 is 0. The predicted molar refractivity (Wildman–Crippen MR) is 62.8 cm³/mol. The van der Waals surface area contributed by atoms with Crippen molar-refractivity contribution in [3.05, 3.63) is 12.4 Å². The molecule has 0 amide bonds. The maximum Gasteiger partial charge on any atom is 0.330 e. The Bertz CT molecular complexity index is 415. The summed E-state index contributed by atoms with van der Waals surface area (Å²) in [6.07, 6.45) is 3.40. The number of carbonyl (C=O) groups is 1. The van der Waals surface area contributed by atoms with Crippen LogP contribution in [0, 0.1) is 5.41 Å². The lowest BCUT2D eigenvalue weighted by Gasteiger charge is -2.38. The second kappa shape index (κ2) is 4.03. The number of nitrogens with two attached hydrogens (primary N) is 1. The number of hydrogen-bond donors (Lipinski definition) is 1. The van der Waals surface area contributed by atoms with E-state index in [2.05, 4.69) is 5.10 Å². The van der Waals surface area contributed by atoms with Crippen LogP contribution in [0.4, 0.5) is 5.69 Å². The van der Waals surface area contributed by atoms with E-state index in [1.54, 1.807) is 22.1 Å². The molecular weight excluding hydrogens is 220 g/mol. The summed E-state index contributed by atoms with van der Waals surface area (Å²) in [6, 6.07) is 0.236. The molecule has 1 aromatic heterocycles. The molecule has 94 valence electrons. The maximum atomic E-state index is 11.6. The summed E-state index contributed by atoms with van der Waals surface area (Å²) < 4.78 is 1.80. The zero-order chi connectivity index (χ0) is 12.6. The highest BCUT2D eigenvalue weighted by atomic mass is 16.7. The lowest BCUT2D eigenvalue weighted by Crippen LogP contribution is -2.49. The van der Waals surface area contributed by atoms with E-state index in [9.17, 15) is 4.79 Å². The van der Waals surface area contributed by atoms with Crippen LogP contribution >= 0.6 is 0 Å². The third-order valence-electron chi connectivity index (χ3n) is 2.65. The van der Waals surface area contributed by atoms with E-state index in [0.29, 0.717) is 18.8 Å². The second-order valence-corrected chi connectivity index (χ2v) is 5.38. The van der Waals surface area contributed by atoms with Crippen molar-refractivity contribution < 1.29 is 9.63 Å². The van der Waals surface area contributed by atoms with Crippen molar-refractivity contribution in [1.82, 2.24) is 14.8 Å². The summed E-state index contributed by atoms with van der Waals surface area (Å²) in [7, 11) is 0. The number of hydroxylamine groups is 2. The molecule has 0 radical (unpaired) electrons. The molecule has 1 aromatic rings. The fourth-order valence-electron chi connectivity index (χ4n) is 1.47. The minimum absolute atomic E-state index is 0.212. The molecule has 17 heavy (non-hydrogen) atoms. The fourth-order valence-corrected chi connectivity index (χ4v) is 1.47. The van der Waals surface area contributed by atoms with Gasteiger partial charge in [0.2, 0.25) is 0 Å². The van der Waals surface area contributed by atoms with Crippen LogP contribution in [0.25, 0.3) is 0 Å². The average Bonchev–Trinajstić information content (AvgIpc) is 2.55. The molecule has 0 spiro atoms. The second-order valence-electron chi connectivity index (χ2n) is 5.38. The standard InChI is InChI=1S/C11H18N4O2/c1-11(2,3)10(16)17-14-6-9(7-14)15-5-8(12)4-13-15/h4-5,9H,6-7,12H2,1-3H3. The molecule has 0 aromatic carbocycles. The molecule has 1 aliphatic rings. The number of aromatic nitrogens is 2. The van der Waals surface area contributed by atoms with E-state index in [0.717, 1.165) is 0 Å². The number of rotatable bonds is 2. The first-order valence-electron chi connectivity index (χ1n) is 5.63. The van der Waals surface area contributed by atoms with Gasteiger partial charge in [-0.1, -0.05) is 0 Å². The minimum atomic E-state index is -0.471. The lowest BCUT2D eigenvalue weighted by atomic mass is 9.98. The normalized spacial score (nSPS) is 17.8. The van der Waals surface area contributed by atoms with Crippen molar-refractivity contribution in [1.29, 1.82) is 0 Å². The Morgan fingerprint density at radius 3 is 2.65 bits per heavy atom. The van der Waals surface area contributed by atoms with Crippen molar-refractivity contribution in [3.63, 3.8) is 0 Å². The van der Waals surface area contributed by atoms with Crippen LogP contribution in [0.1, 0.15) is 26.8 Å². The van der Waals surface area contributed by atoms with Crippen molar-refractivity contribution in [2.75, 3.05) is 18.8 Å². The van der Waals surface area contributed by atoms with Crippen LogP contribution < -0.4 is 5.73 Å². The van der Waals surface area contributed by atoms with Crippen LogP contribution in [-0.4, -0.2) is 33.9 Å². The molecule has 0 saturated carbocycles. The highest BCUT2D eigenvalue weighted by molar-refractivity contribution is 5.75. The fraction of sp³-hybridized carbons (Fsp3) is 0.636. The molecule has 2 heterocycles. The quantitative estimate of drug-likeness (QED) is 0.826. The summed E-state index contributed by atoms with van der Waals surface area (Å²) in [5, 5.41) is 5.77. The van der Waals surface area contributed by atoms with E-state index >= 15 is 0 Å². The molecule has 2 rings (SSSR count). The van der Waals surface area contributed by atoms with Gasteiger partial charge in [-0.05, 0) is 20.8 Å². The lowest BCUT2D eigenvalue weighted by molar-refractivity contribution is -0.226. The first kappa shape index (κ1) is 11.9. The molecule has 2 N–H and O–H groups in total. The van der Waals surface area contributed by atoms with E-state index < -0.39 is 5.41 Å². The Labute approximate surface area is 100 Å². The zero-order valence-corrected chi connectivity index (χ0v) is 10.4. The summed E-state index contributed by atoms with van der Waals surface area (Å²) in [5.41, 5.74) is 5.76. The predicted octanol–water partition coefficient (Wildman–Crippen LogP) is 0.826.